The van der Waals surface area contributed by atoms with Gasteiger partial charge in [0.2, 0.25) is 4.96 Å². The highest BCUT2D eigenvalue weighted by Crippen LogP contribution is 2.33. The number of benzene rings is 2. The SMILES string of the molecule is COc1ccccc1-c1nn2c(-c3cccc(Cl)c3)nnc2s1. The van der Waals surface area contributed by atoms with Crippen LogP contribution in [-0.2, 0) is 0 Å². The molecule has 0 radical (unpaired) electrons. The van der Waals surface area contributed by atoms with E-state index in [2.05, 4.69) is 15.3 Å². The zero-order chi connectivity index (χ0) is 15.8. The van der Waals surface area contributed by atoms with Crippen LogP contribution in [-0.4, -0.2) is 26.9 Å². The van der Waals surface area contributed by atoms with E-state index >= 15 is 0 Å². The molecule has 0 amide bonds. The maximum atomic E-state index is 6.06. The van der Waals surface area contributed by atoms with Crippen molar-refractivity contribution >= 4 is 27.9 Å². The Morgan fingerprint density at radius 3 is 2.78 bits per heavy atom. The van der Waals surface area contributed by atoms with Gasteiger partial charge in [0.1, 0.15) is 5.75 Å². The topological polar surface area (TPSA) is 52.3 Å². The second kappa shape index (κ2) is 5.64. The summed E-state index contributed by atoms with van der Waals surface area (Å²) in [6, 6.07) is 15.3. The van der Waals surface area contributed by atoms with Gasteiger partial charge in [0, 0.05) is 10.6 Å². The second-order valence-corrected chi connectivity index (χ2v) is 6.23. The third-order valence-electron chi connectivity index (χ3n) is 3.41. The highest BCUT2D eigenvalue weighted by molar-refractivity contribution is 7.19. The molecule has 114 valence electrons. The van der Waals surface area contributed by atoms with Gasteiger partial charge in [-0.2, -0.15) is 9.61 Å². The predicted octanol–water partition coefficient (Wildman–Crippen LogP) is 4.18. The lowest BCUT2D eigenvalue weighted by molar-refractivity contribution is 0.416. The highest BCUT2D eigenvalue weighted by atomic mass is 35.5. The fourth-order valence-corrected chi connectivity index (χ4v) is 3.41. The Balaban J connectivity index is 1.87. The van der Waals surface area contributed by atoms with E-state index in [4.69, 9.17) is 16.3 Å². The Labute approximate surface area is 141 Å². The number of fused-ring (bicyclic) bond motifs is 1. The van der Waals surface area contributed by atoms with E-state index in [0.29, 0.717) is 10.8 Å². The number of aromatic nitrogens is 4. The molecule has 5 nitrogen and oxygen atoms in total. The summed E-state index contributed by atoms with van der Waals surface area (Å²) >= 11 is 7.53. The van der Waals surface area contributed by atoms with Crippen molar-refractivity contribution in [2.75, 3.05) is 7.11 Å². The number of hydrogen-bond donors (Lipinski definition) is 0. The third-order valence-corrected chi connectivity index (χ3v) is 4.58. The molecule has 0 saturated heterocycles. The minimum atomic E-state index is 0.652. The summed E-state index contributed by atoms with van der Waals surface area (Å²) < 4.78 is 7.14. The van der Waals surface area contributed by atoms with Crippen molar-refractivity contribution in [1.29, 1.82) is 0 Å². The van der Waals surface area contributed by atoms with Gasteiger partial charge in [0.25, 0.3) is 0 Å². The first-order valence-electron chi connectivity index (χ1n) is 6.88. The fraction of sp³-hybridized carbons (Fsp3) is 0.0625. The van der Waals surface area contributed by atoms with Crippen LogP contribution in [0.3, 0.4) is 0 Å². The standard InChI is InChI=1S/C16H11ClN4OS/c1-22-13-8-3-2-7-12(13)15-20-21-14(18-19-16(21)23-15)10-5-4-6-11(17)9-10/h2-9H,1H3. The van der Waals surface area contributed by atoms with Gasteiger partial charge in [0.15, 0.2) is 10.8 Å². The molecule has 2 aromatic heterocycles. The van der Waals surface area contributed by atoms with Gasteiger partial charge in [-0.1, -0.05) is 47.2 Å². The summed E-state index contributed by atoms with van der Waals surface area (Å²) in [5, 5.41) is 14.6. The molecule has 7 heteroatoms. The fourth-order valence-electron chi connectivity index (χ4n) is 2.35. The number of para-hydroxylation sites is 1. The molecule has 0 spiro atoms. The maximum absolute atomic E-state index is 6.06. The summed E-state index contributed by atoms with van der Waals surface area (Å²) in [4.78, 5) is 0.723. The largest absolute Gasteiger partial charge is 0.496 e. The molecule has 4 rings (SSSR count). The molecular formula is C16H11ClN4OS. The summed E-state index contributed by atoms with van der Waals surface area (Å²) in [7, 11) is 1.65. The minimum absolute atomic E-state index is 0.652. The van der Waals surface area contributed by atoms with Gasteiger partial charge in [-0.25, -0.2) is 0 Å². The van der Waals surface area contributed by atoms with Crippen molar-refractivity contribution < 1.29 is 4.74 Å². The molecule has 0 aliphatic heterocycles. The second-order valence-electron chi connectivity index (χ2n) is 4.84. The summed E-state index contributed by atoms with van der Waals surface area (Å²) in [5.74, 6) is 1.45. The molecule has 0 aliphatic carbocycles. The van der Waals surface area contributed by atoms with E-state index < -0.39 is 0 Å². The van der Waals surface area contributed by atoms with Crippen molar-refractivity contribution in [3.63, 3.8) is 0 Å². The molecule has 2 aromatic carbocycles. The predicted molar refractivity (Wildman–Crippen MR) is 91.1 cm³/mol. The Hall–Kier alpha value is -2.44. The first kappa shape index (κ1) is 14.2. The van der Waals surface area contributed by atoms with E-state index in [1.54, 1.807) is 11.6 Å². The van der Waals surface area contributed by atoms with E-state index in [1.807, 2.05) is 48.5 Å². The van der Waals surface area contributed by atoms with E-state index in [9.17, 15) is 0 Å². The van der Waals surface area contributed by atoms with Crippen LogP contribution < -0.4 is 4.74 Å². The van der Waals surface area contributed by atoms with Gasteiger partial charge in [-0.05, 0) is 24.3 Å². The number of ether oxygens (including phenoxy) is 1. The van der Waals surface area contributed by atoms with Crippen LogP contribution in [0.1, 0.15) is 0 Å². The number of nitrogens with zero attached hydrogens (tertiary/aromatic N) is 4. The molecule has 0 fully saturated rings. The zero-order valence-electron chi connectivity index (χ0n) is 12.1. The van der Waals surface area contributed by atoms with E-state index in [0.717, 1.165) is 26.8 Å². The molecule has 0 atom stereocenters. The van der Waals surface area contributed by atoms with Crippen LogP contribution in [0.25, 0.3) is 26.9 Å². The van der Waals surface area contributed by atoms with Crippen molar-refractivity contribution in [3.05, 3.63) is 53.6 Å². The molecule has 0 N–H and O–H groups in total. The number of rotatable bonds is 3. The molecule has 0 aliphatic rings. The monoisotopic (exact) mass is 342 g/mol. The van der Waals surface area contributed by atoms with Gasteiger partial charge >= 0.3 is 0 Å². The van der Waals surface area contributed by atoms with Crippen molar-refractivity contribution in [1.82, 2.24) is 19.8 Å². The molecular weight excluding hydrogens is 332 g/mol. The lowest BCUT2D eigenvalue weighted by Crippen LogP contribution is -1.92. The van der Waals surface area contributed by atoms with Crippen LogP contribution in [0, 0.1) is 0 Å². The van der Waals surface area contributed by atoms with Crippen LogP contribution in [0.5, 0.6) is 5.75 Å². The quantitative estimate of drug-likeness (QED) is 0.560. The Morgan fingerprint density at radius 2 is 1.96 bits per heavy atom. The zero-order valence-corrected chi connectivity index (χ0v) is 13.7. The third kappa shape index (κ3) is 2.46. The molecule has 4 aromatic rings. The van der Waals surface area contributed by atoms with Gasteiger partial charge in [-0.15, -0.1) is 10.2 Å². The molecule has 0 unspecified atom stereocenters. The van der Waals surface area contributed by atoms with E-state index in [1.165, 1.54) is 11.3 Å². The van der Waals surface area contributed by atoms with Gasteiger partial charge in [-0.3, -0.25) is 0 Å². The number of methoxy groups -OCH3 is 1. The molecule has 0 bridgehead atoms. The lowest BCUT2D eigenvalue weighted by atomic mass is 10.2. The summed E-state index contributed by atoms with van der Waals surface area (Å²) in [5.41, 5.74) is 1.81. The Morgan fingerprint density at radius 1 is 1.09 bits per heavy atom. The van der Waals surface area contributed by atoms with Gasteiger partial charge in [0.05, 0.1) is 12.7 Å². The first-order valence-corrected chi connectivity index (χ1v) is 8.07. The average molecular weight is 343 g/mol. The minimum Gasteiger partial charge on any atom is -0.496 e. The normalized spacial score (nSPS) is 11.0. The van der Waals surface area contributed by atoms with Crippen molar-refractivity contribution in [2.45, 2.75) is 0 Å². The van der Waals surface area contributed by atoms with Crippen molar-refractivity contribution in [3.8, 4) is 27.7 Å². The van der Waals surface area contributed by atoms with E-state index in [-0.39, 0.29) is 0 Å². The highest BCUT2D eigenvalue weighted by Gasteiger charge is 2.16. The molecule has 0 saturated carbocycles. The van der Waals surface area contributed by atoms with Crippen LogP contribution in [0.2, 0.25) is 5.02 Å². The van der Waals surface area contributed by atoms with Crippen LogP contribution in [0.4, 0.5) is 0 Å². The van der Waals surface area contributed by atoms with Crippen molar-refractivity contribution in [2.24, 2.45) is 0 Å². The average Bonchev–Trinajstić information content (AvgIpc) is 3.15. The summed E-state index contributed by atoms with van der Waals surface area (Å²) in [6.45, 7) is 0. The number of halogens is 1. The lowest BCUT2D eigenvalue weighted by Gasteiger charge is -2.04. The first-order chi connectivity index (χ1) is 11.3. The van der Waals surface area contributed by atoms with Crippen LogP contribution in [0.15, 0.2) is 48.5 Å². The smallest absolute Gasteiger partial charge is 0.235 e. The van der Waals surface area contributed by atoms with Gasteiger partial charge < -0.3 is 4.74 Å². The summed E-state index contributed by atoms with van der Waals surface area (Å²) in [6.07, 6.45) is 0. The van der Waals surface area contributed by atoms with Crippen LogP contribution >= 0.6 is 22.9 Å². The molecule has 23 heavy (non-hydrogen) atoms. The molecule has 2 heterocycles. The Kier molecular flexibility index (Phi) is 3.48. The Bertz CT molecular complexity index is 995. The number of hydrogen-bond acceptors (Lipinski definition) is 5. The maximum Gasteiger partial charge on any atom is 0.235 e.